The van der Waals surface area contributed by atoms with Gasteiger partial charge >= 0.3 is 0 Å². The highest BCUT2D eigenvalue weighted by Gasteiger charge is 2.21. The molecule has 0 aliphatic heterocycles. The van der Waals surface area contributed by atoms with Crippen molar-refractivity contribution in [1.82, 2.24) is 19.5 Å². The van der Waals surface area contributed by atoms with Crippen molar-refractivity contribution in [3.05, 3.63) is 194 Å². The molecular weight excluding hydrogens is 701 g/mol. The monoisotopic (exact) mass is 740 g/mol. The number of para-hydroxylation sites is 2. The second kappa shape index (κ2) is 13.3. The van der Waals surface area contributed by atoms with Crippen LogP contribution in [-0.4, -0.2) is 19.5 Å². The van der Waals surface area contributed by atoms with Gasteiger partial charge in [-0.25, -0.2) is 15.0 Å². The van der Waals surface area contributed by atoms with E-state index in [2.05, 4.69) is 24.3 Å². The van der Waals surface area contributed by atoms with E-state index in [1.807, 2.05) is 121 Å². The van der Waals surface area contributed by atoms with E-state index in [1.165, 1.54) is 4.57 Å². The van der Waals surface area contributed by atoms with Gasteiger partial charge < -0.3 is 4.57 Å². The van der Waals surface area contributed by atoms with E-state index in [-0.39, 0.29) is 27.6 Å². The zero-order chi connectivity index (χ0) is 44.0. The van der Waals surface area contributed by atoms with Crippen molar-refractivity contribution in [2.75, 3.05) is 0 Å². The van der Waals surface area contributed by atoms with Gasteiger partial charge in [0.25, 0.3) is 0 Å². The Bertz CT molecular complexity index is 3630. The summed E-state index contributed by atoms with van der Waals surface area (Å²) in [5.41, 5.74) is 6.11. The molecule has 0 atom stereocenters. The molecule has 0 saturated heterocycles. The second-order valence-corrected chi connectivity index (χ2v) is 14.5. The van der Waals surface area contributed by atoms with Gasteiger partial charge in [-0.3, -0.25) is 0 Å². The first-order valence-electron chi connectivity index (χ1n) is 22.1. The van der Waals surface area contributed by atoms with Gasteiger partial charge in [0, 0.05) is 47.6 Å². The Balaban J connectivity index is 1.25. The number of rotatable bonds is 6. The van der Waals surface area contributed by atoms with Crippen LogP contribution in [0.5, 0.6) is 0 Å². The summed E-state index contributed by atoms with van der Waals surface area (Å²) >= 11 is 1.69. The molecule has 0 aliphatic rings. The van der Waals surface area contributed by atoms with Gasteiger partial charge in [-0.05, 0) is 52.5 Å². The van der Waals surface area contributed by atoms with Crippen LogP contribution < -0.4 is 0 Å². The van der Waals surface area contributed by atoms with Crippen molar-refractivity contribution in [3.8, 4) is 62.1 Å². The molecule has 0 unspecified atom stereocenters. The summed E-state index contributed by atoms with van der Waals surface area (Å²) in [4.78, 5) is 15.3. The Morgan fingerprint density at radius 2 is 0.946 bits per heavy atom. The maximum Gasteiger partial charge on any atom is 0.166 e. The van der Waals surface area contributed by atoms with Crippen LogP contribution in [0.3, 0.4) is 0 Å². The first-order valence-corrected chi connectivity index (χ1v) is 18.9. The summed E-state index contributed by atoms with van der Waals surface area (Å²) in [6.45, 7) is 0. The van der Waals surface area contributed by atoms with Crippen LogP contribution in [0.4, 0.5) is 0 Å². The summed E-state index contributed by atoms with van der Waals surface area (Å²) in [5, 5.41) is 2.21. The highest BCUT2D eigenvalue weighted by molar-refractivity contribution is 7.26. The van der Waals surface area contributed by atoms with E-state index >= 15 is 0 Å². The zero-order valence-corrected chi connectivity index (χ0v) is 30.4. The lowest BCUT2D eigenvalue weighted by Crippen LogP contribution is -2.04. The van der Waals surface area contributed by atoms with Crippen molar-refractivity contribution >= 4 is 53.3 Å². The Morgan fingerprint density at radius 3 is 1.66 bits per heavy atom. The minimum absolute atomic E-state index is 0.00247. The standard InChI is InChI=1S/C51H32N4S/c1-3-14-33(15-4-1)34-26-28-36(29-27-34)50-52-49(35-16-5-2-6-17-35)53-51(54-50)43-32-37(38-21-13-22-42-41-20-9-12-25-47(41)56-48(38)42)30-31-46(43)55-44-23-10-7-18-39(44)40-19-8-11-24-45(40)55/h1-32H/i7D,8D,10D,11D,18D,19D,23D,24D. The Morgan fingerprint density at radius 1 is 0.411 bits per heavy atom. The minimum Gasteiger partial charge on any atom is -0.309 e. The number of hydrogen-bond acceptors (Lipinski definition) is 4. The molecule has 262 valence electrons. The first-order chi connectivity index (χ1) is 31.1. The number of fused-ring (bicyclic) bond motifs is 6. The molecule has 3 heterocycles. The van der Waals surface area contributed by atoms with Crippen molar-refractivity contribution in [2.24, 2.45) is 0 Å². The summed E-state index contributed by atoms with van der Waals surface area (Å²) in [6.07, 6.45) is 0. The Labute approximate surface area is 338 Å². The molecular formula is C51H32N4S. The predicted molar refractivity (Wildman–Crippen MR) is 234 cm³/mol. The molecule has 0 spiro atoms. The van der Waals surface area contributed by atoms with E-state index in [9.17, 15) is 2.74 Å². The molecule has 0 N–H and O–H groups in total. The van der Waals surface area contributed by atoms with Gasteiger partial charge in [0.15, 0.2) is 17.5 Å². The molecule has 8 aromatic carbocycles. The molecule has 0 amide bonds. The van der Waals surface area contributed by atoms with Gasteiger partial charge in [-0.15, -0.1) is 11.3 Å². The highest BCUT2D eigenvalue weighted by atomic mass is 32.1. The molecule has 11 rings (SSSR count). The van der Waals surface area contributed by atoms with Gasteiger partial charge in [0.05, 0.1) is 27.7 Å². The van der Waals surface area contributed by atoms with Crippen LogP contribution in [0, 0.1) is 0 Å². The molecule has 0 bridgehead atoms. The molecule has 0 saturated carbocycles. The third-order valence-electron chi connectivity index (χ3n) is 10.1. The van der Waals surface area contributed by atoms with Gasteiger partial charge in [-0.1, -0.05) is 164 Å². The molecule has 11 aromatic rings. The van der Waals surface area contributed by atoms with E-state index in [0.29, 0.717) is 22.9 Å². The third-order valence-corrected chi connectivity index (χ3v) is 11.4. The zero-order valence-electron chi connectivity index (χ0n) is 37.6. The summed E-state index contributed by atoms with van der Waals surface area (Å²) in [7, 11) is 0. The second-order valence-electron chi connectivity index (χ2n) is 13.4. The number of benzene rings is 8. The van der Waals surface area contributed by atoms with Crippen LogP contribution in [0.1, 0.15) is 11.0 Å². The van der Waals surface area contributed by atoms with Crippen LogP contribution in [0.2, 0.25) is 0 Å². The summed E-state index contributed by atoms with van der Waals surface area (Å²) in [5.74, 6) is 1.02. The van der Waals surface area contributed by atoms with E-state index < -0.39 is 48.3 Å². The van der Waals surface area contributed by atoms with Crippen molar-refractivity contribution in [3.63, 3.8) is 0 Å². The fourth-order valence-corrected chi connectivity index (χ4v) is 8.74. The molecule has 4 nitrogen and oxygen atoms in total. The van der Waals surface area contributed by atoms with Gasteiger partial charge in [0.2, 0.25) is 0 Å². The molecule has 5 heteroatoms. The van der Waals surface area contributed by atoms with E-state index in [0.717, 1.165) is 53.6 Å². The summed E-state index contributed by atoms with van der Waals surface area (Å²) < 4.78 is 75.4. The lowest BCUT2D eigenvalue weighted by Gasteiger charge is -2.16. The van der Waals surface area contributed by atoms with Crippen LogP contribution in [0.25, 0.3) is 104 Å². The maximum absolute atomic E-state index is 9.30. The molecule has 56 heavy (non-hydrogen) atoms. The number of thiophene rings is 1. The van der Waals surface area contributed by atoms with Crippen LogP contribution in [0.15, 0.2) is 194 Å². The number of hydrogen-bond donors (Lipinski definition) is 0. The van der Waals surface area contributed by atoms with Crippen molar-refractivity contribution in [1.29, 1.82) is 0 Å². The average molecular weight is 741 g/mol. The van der Waals surface area contributed by atoms with Crippen molar-refractivity contribution in [2.45, 2.75) is 0 Å². The van der Waals surface area contributed by atoms with E-state index in [4.69, 9.17) is 23.2 Å². The van der Waals surface area contributed by atoms with Gasteiger partial charge in [-0.2, -0.15) is 0 Å². The molecule has 3 aromatic heterocycles. The SMILES string of the molecule is [2H]c1c([2H])c([2H])c2c(c1[2H])c1c([2H])c([2H])c([2H])c([2H])c1n2-c1ccc(-c2cccc3c2sc2ccccc23)cc1-c1nc(-c2ccccc2)nc(-c2ccc(-c3ccccc3)cc2)n1. The minimum atomic E-state index is -0.510. The van der Waals surface area contributed by atoms with E-state index in [1.54, 1.807) is 11.3 Å². The molecule has 0 radical (unpaired) electrons. The smallest absolute Gasteiger partial charge is 0.166 e. The largest absolute Gasteiger partial charge is 0.309 e. The van der Waals surface area contributed by atoms with Crippen LogP contribution >= 0.6 is 11.3 Å². The lowest BCUT2D eigenvalue weighted by atomic mass is 9.99. The third kappa shape index (κ3) is 5.40. The lowest BCUT2D eigenvalue weighted by molar-refractivity contribution is 1.06. The predicted octanol–water partition coefficient (Wildman–Crippen LogP) is 13.7. The van der Waals surface area contributed by atoms with Crippen LogP contribution in [-0.2, 0) is 0 Å². The fourth-order valence-electron chi connectivity index (χ4n) is 7.50. The highest BCUT2D eigenvalue weighted by Crippen LogP contribution is 2.43. The quantitative estimate of drug-likeness (QED) is 0.170. The molecule has 0 fully saturated rings. The Kier molecular flexibility index (Phi) is 5.92. The maximum atomic E-state index is 9.30. The Hall–Kier alpha value is -7.21. The summed E-state index contributed by atoms with van der Waals surface area (Å²) in [6, 6.07) is 44.1. The molecule has 0 aliphatic carbocycles. The number of nitrogens with zero attached hydrogens (tertiary/aromatic N) is 4. The topological polar surface area (TPSA) is 43.6 Å². The fraction of sp³-hybridized carbons (Fsp3) is 0. The first kappa shape index (κ1) is 25.0. The number of aromatic nitrogens is 4. The normalized spacial score (nSPS) is 13.6. The average Bonchev–Trinajstić information content (AvgIpc) is 3.91. The van der Waals surface area contributed by atoms with Gasteiger partial charge in [0.1, 0.15) is 0 Å². The van der Waals surface area contributed by atoms with Crippen molar-refractivity contribution < 1.29 is 11.0 Å².